The maximum Gasteiger partial charge on any atom is 0.482 e. The number of carbonyl (C=O) groups is 1. The first-order chi connectivity index (χ1) is 15.4. The Morgan fingerprint density at radius 1 is 1.12 bits per heavy atom. The molecule has 4 saturated carbocycles. The summed E-state index contributed by atoms with van der Waals surface area (Å²) in [6.07, 6.45) is 9.45. The summed E-state index contributed by atoms with van der Waals surface area (Å²) in [5.74, 6) is 1.62. The van der Waals surface area contributed by atoms with Gasteiger partial charge in [0.25, 0.3) is 0 Å². The lowest BCUT2D eigenvalue weighted by atomic mass is 9.43. The first-order valence-electron chi connectivity index (χ1n) is 12.8. The van der Waals surface area contributed by atoms with Crippen LogP contribution in [0.4, 0.5) is 4.79 Å². The summed E-state index contributed by atoms with van der Waals surface area (Å²) >= 11 is 0. The largest absolute Gasteiger partial charge is 0.482 e. The van der Waals surface area contributed by atoms with Crippen molar-refractivity contribution in [2.24, 2.45) is 23.2 Å². The van der Waals surface area contributed by atoms with Crippen LogP contribution >= 0.6 is 0 Å². The van der Waals surface area contributed by atoms with Crippen LogP contribution in [-0.4, -0.2) is 37.3 Å². The zero-order valence-electron chi connectivity index (χ0n) is 19.9. The van der Waals surface area contributed by atoms with Crippen LogP contribution in [0.25, 0.3) is 0 Å². The topological polar surface area (TPSA) is 59.6 Å². The van der Waals surface area contributed by atoms with E-state index in [-0.39, 0.29) is 23.7 Å². The molecule has 1 aromatic carbocycles. The van der Waals surface area contributed by atoms with E-state index in [2.05, 4.69) is 43.5 Å². The molecule has 5 nitrogen and oxygen atoms in total. The molecule has 32 heavy (non-hydrogen) atoms. The average Bonchev–Trinajstić information content (AvgIpc) is 3.16. The smallest absolute Gasteiger partial charge is 0.404 e. The highest BCUT2D eigenvalue weighted by atomic mass is 16.7. The zero-order chi connectivity index (χ0) is 22.3. The third kappa shape index (κ3) is 4.09. The number of nitrogens with one attached hydrogen (secondary N) is 2. The number of amides is 2. The first kappa shape index (κ1) is 22.3. The lowest BCUT2D eigenvalue weighted by molar-refractivity contribution is -0.199. The number of rotatable bonds is 6. The van der Waals surface area contributed by atoms with Gasteiger partial charge in [-0.3, -0.25) is 0 Å². The Labute approximate surface area is 193 Å². The van der Waals surface area contributed by atoms with Gasteiger partial charge in [-0.1, -0.05) is 63.4 Å². The molecule has 2 bridgehead atoms. The molecule has 0 aromatic heterocycles. The van der Waals surface area contributed by atoms with E-state index < -0.39 is 7.12 Å². The minimum atomic E-state index is -0.416. The van der Waals surface area contributed by atoms with Crippen LogP contribution in [0.2, 0.25) is 0 Å². The van der Waals surface area contributed by atoms with Gasteiger partial charge in [0.15, 0.2) is 0 Å². The molecule has 2 N–H and O–H groups in total. The van der Waals surface area contributed by atoms with E-state index in [1.807, 2.05) is 18.2 Å². The zero-order valence-corrected chi connectivity index (χ0v) is 19.9. The molecule has 1 heterocycles. The Kier molecular flexibility index (Phi) is 6.04. The molecule has 1 aliphatic heterocycles. The Morgan fingerprint density at radius 3 is 2.59 bits per heavy atom. The van der Waals surface area contributed by atoms with E-state index in [0.29, 0.717) is 29.6 Å². The quantitative estimate of drug-likeness (QED) is 0.631. The van der Waals surface area contributed by atoms with E-state index in [0.717, 1.165) is 13.0 Å². The van der Waals surface area contributed by atoms with Gasteiger partial charge in [-0.15, -0.1) is 0 Å². The molecule has 1 saturated heterocycles. The second-order valence-corrected chi connectivity index (χ2v) is 11.5. The molecule has 0 spiro atoms. The number of hydrogen-bond donors (Lipinski definition) is 2. The maximum atomic E-state index is 12.9. The fourth-order valence-corrected chi connectivity index (χ4v) is 7.00. The minimum Gasteiger partial charge on any atom is -0.404 e. The van der Waals surface area contributed by atoms with Crippen LogP contribution in [0.1, 0.15) is 71.3 Å². The molecule has 2 amide bonds. The molecule has 5 aliphatic rings. The van der Waals surface area contributed by atoms with Crippen LogP contribution < -0.4 is 10.6 Å². The molecule has 5 atom stereocenters. The van der Waals surface area contributed by atoms with Gasteiger partial charge in [-0.05, 0) is 67.8 Å². The molecule has 0 radical (unpaired) electrons. The second kappa shape index (κ2) is 8.68. The normalized spacial score (nSPS) is 34.3. The van der Waals surface area contributed by atoms with E-state index in [9.17, 15) is 4.79 Å². The number of urea groups is 1. The third-order valence-corrected chi connectivity index (χ3v) is 9.19. The fraction of sp³-hybridized carbons (Fsp3) is 0.731. The van der Waals surface area contributed by atoms with Gasteiger partial charge in [-0.25, -0.2) is 4.79 Å². The monoisotopic (exact) mass is 438 g/mol. The highest BCUT2D eigenvalue weighted by Crippen LogP contribution is 2.65. The molecule has 6 heteroatoms. The highest BCUT2D eigenvalue weighted by molar-refractivity contribution is 6.48. The van der Waals surface area contributed by atoms with Crippen molar-refractivity contribution in [3.63, 3.8) is 0 Å². The number of carbonyl (C=O) groups excluding carboxylic acids is 1. The molecule has 4 aliphatic carbocycles. The Hall–Kier alpha value is -1.53. The van der Waals surface area contributed by atoms with E-state index in [1.54, 1.807) is 0 Å². The SMILES string of the molecule is CC1(C)[C@@H]2C[C@H]3OB([C@H](Cc4ccccc4)NC(=O)NCC4CCCCC4)O[C@@]3(C)[C@H]1C2. The van der Waals surface area contributed by atoms with Crippen molar-refractivity contribution < 1.29 is 14.1 Å². The van der Waals surface area contributed by atoms with E-state index >= 15 is 0 Å². The molecule has 5 fully saturated rings. The lowest BCUT2D eigenvalue weighted by Gasteiger charge is -2.64. The van der Waals surface area contributed by atoms with E-state index in [1.165, 1.54) is 44.1 Å². The summed E-state index contributed by atoms with van der Waals surface area (Å²) < 4.78 is 13.2. The Morgan fingerprint density at radius 2 is 1.88 bits per heavy atom. The predicted molar refractivity (Wildman–Crippen MR) is 127 cm³/mol. The first-order valence-corrected chi connectivity index (χ1v) is 12.8. The average molecular weight is 438 g/mol. The predicted octanol–water partition coefficient (Wildman–Crippen LogP) is 4.74. The maximum absolute atomic E-state index is 12.9. The van der Waals surface area contributed by atoms with Gasteiger partial charge in [0.2, 0.25) is 0 Å². The van der Waals surface area contributed by atoms with Crippen LogP contribution in [-0.2, 0) is 15.7 Å². The van der Waals surface area contributed by atoms with Crippen molar-refractivity contribution in [3.05, 3.63) is 35.9 Å². The van der Waals surface area contributed by atoms with Gasteiger partial charge in [0, 0.05) is 6.54 Å². The standard InChI is InChI=1S/C26H39BN2O3/c1-25(2)20-15-21(25)26(3)22(16-20)31-27(32-26)23(14-18-10-6-4-7-11-18)29-24(30)28-17-19-12-8-5-9-13-19/h4,6-7,10-11,19-23H,5,8-9,12-17H2,1-3H3,(H2,28,29,30)/t20-,21-,22+,23-,26-/m0/s1. The second-order valence-electron chi connectivity index (χ2n) is 11.5. The summed E-state index contributed by atoms with van der Waals surface area (Å²) in [6, 6.07) is 10.2. The van der Waals surface area contributed by atoms with Gasteiger partial charge in [0.1, 0.15) is 0 Å². The Balaban J connectivity index is 1.27. The van der Waals surface area contributed by atoms with Crippen LogP contribution in [0.3, 0.4) is 0 Å². The minimum absolute atomic E-state index is 0.103. The molecule has 6 rings (SSSR count). The summed E-state index contributed by atoms with van der Waals surface area (Å²) in [6.45, 7) is 7.75. The molecule has 1 aromatic rings. The molecule has 174 valence electrons. The van der Waals surface area contributed by atoms with Crippen LogP contribution in [0.5, 0.6) is 0 Å². The number of benzene rings is 1. The molecule has 0 unspecified atom stereocenters. The third-order valence-electron chi connectivity index (χ3n) is 9.19. The summed E-state index contributed by atoms with van der Waals surface area (Å²) in [7, 11) is -0.416. The van der Waals surface area contributed by atoms with Gasteiger partial charge in [0.05, 0.1) is 17.6 Å². The van der Waals surface area contributed by atoms with Gasteiger partial charge in [-0.2, -0.15) is 0 Å². The van der Waals surface area contributed by atoms with Crippen molar-refractivity contribution in [2.45, 2.75) is 89.8 Å². The van der Waals surface area contributed by atoms with Crippen LogP contribution in [0, 0.1) is 23.2 Å². The van der Waals surface area contributed by atoms with Crippen molar-refractivity contribution in [1.82, 2.24) is 10.6 Å². The van der Waals surface area contributed by atoms with Crippen molar-refractivity contribution in [3.8, 4) is 0 Å². The van der Waals surface area contributed by atoms with Crippen LogP contribution in [0.15, 0.2) is 30.3 Å². The molecular formula is C26H39BN2O3. The summed E-state index contributed by atoms with van der Waals surface area (Å²) in [5, 5.41) is 6.36. The van der Waals surface area contributed by atoms with Crippen molar-refractivity contribution in [2.75, 3.05) is 6.54 Å². The van der Waals surface area contributed by atoms with Gasteiger partial charge >= 0.3 is 13.1 Å². The summed E-state index contributed by atoms with van der Waals surface area (Å²) in [4.78, 5) is 12.9. The Bertz CT molecular complexity index is 813. The highest BCUT2D eigenvalue weighted by Gasteiger charge is 2.68. The molecular weight excluding hydrogens is 399 g/mol. The number of hydrogen-bond acceptors (Lipinski definition) is 3. The van der Waals surface area contributed by atoms with Crippen molar-refractivity contribution in [1.29, 1.82) is 0 Å². The lowest BCUT2D eigenvalue weighted by Crippen LogP contribution is -2.65. The van der Waals surface area contributed by atoms with E-state index in [4.69, 9.17) is 9.31 Å². The van der Waals surface area contributed by atoms with Crippen molar-refractivity contribution >= 4 is 13.1 Å². The van der Waals surface area contributed by atoms with Gasteiger partial charge < -0.3 is 19.9 Å². The summed E-state index contributed by atoms with van der Waals surface area (Å²) in [5.41, 5.74) is 1.23. The fourth-order valence-electron chi connectivity index (χ4n) is 7.00.